The number of carbonyl (C=O) groups is 1. The summed E-state index contributed by atoms with van der Waals surface area (Å²) in [5.74, 6) is 0.617. The molecule has 128 valence electrons. The largest absolute Gasteiger partial charge is 0.356 e. The molecule has 0 spiro atoms. The van der Waals surface area contributed by atoms with Gasteiger partial charge in [-0.05, 0) is 31.3 Å². The molecule has 0 radical (unpaired) electrons. The average Bonchev–Trinajstić information content (AvgIpc) is 3.06. The number of carbonyl (C=O) groups excluding carboxylic acids is 1. The molecule has 0 bridgehead atoms. The van der Waals surface area contributed by atoms with Crippen molar-refractivity contribution in [3.8, 4) is 11.3 Å². The fourth-order valence-electron chi connectivity index (χ4n) is 2.44. The molecule has 0 aliphatic carbocycles. The Balaban J connectivity index is 1.54. The van der Waals surface area contributed by atoms with Gasteiger partial charge in [0.1, 0.15) is 0 Å². The SMILES string of the molecule is CN(CC(=O)Nc1ccc(Cl)cc1)Cc1cc(-c2ccccc2)on1. The Kier molecular flexibility index (Phi) is 5.48. The Morgan fingerprint density at radius 2 is 1.88 bits per heavy atom. The molecule has 0 saturated carbocycles. The van der Waals surface area contributed by atoms with Crippen molar-refractivity contribution in [2.45, 2.75) is 6.54 Å². The van der Waals surface area contributed by atoms with Crippen LogP contribution in [0.2, 0.25) is 5.02 Å². The molecule has 6 heteroatoms. The second-order valence-corrected chi connectivity index (χ2v) is 6.21. The Morgan fingerprint density at radius 3 is 2.60 bits per heavy atom. The van der Waals surface area contributed by atoms with Crippen molar-refractivity contribution in [3.05, 3.63) is 71.4 Å². The van der Waals surface area contributed by atoms with Gasteiger partial charge in [-0.3, -0.25) is 9.69 Å². The van der Waals surface area contributed by atoms with Crippen molar-refractivity contribution in [1.82, 2.24) is 10.1 Å². The number of aromatic nitrogens is 1. The van der Waals surface area contributed by atoms with E-state index in [9.17, 15) is 4.79 Å². The van der Waals surface area contributed by atoms with Crippen LogP contribution < -0.4 is 5.32 Å². The van der Waals surface area contributed by atoms with E-state index in [4.69, 9.17) is 16.1 Å². The van der Waals surface area contributed by atoms with Gasteiger partial charge in [0.15, 0.2) is 5.76 Å². The molecule has 0 atom stereocenters. The van der Waals surface area contributed by atoms with E-state index < -0.39 is 0 Å². The molecule has 1 heterocycles. The van der Waals surface area contributed by atoms with Crippen molar-refractivity contribution >= 4 is 23.2 Å². The number of hydrogen-bond acceptors (Lipinski definition) is 4. The lowest BCUT2D eigenvalue weighted by atomic mass is 10.1. The Morgan fingerprint density at radius 1 is 1.16 bits per heavy atom. The zero-order valence-electron chi connectivity index (χ0n) is 13.8. The van der Waals surface area contributed by atoms with Crippen molar-refractivity contribution < 1.29 is 9.32 Å². The monoisotopic (exact) mass is 355 g/mol. The molecule has 3 aromatic rings. The second kappa shape index (κ2) is 7.96. The van der Waals surface area contributed by atoms with Crippen molar-refractivity contribution in [2.75, 3.05) is 18.9 Å². The van der Waals surface area contributed by atoms with E-state index in [2.05, 4.69) is 10.5 Å². The summed E-state index contributed by atoms with van der Waals surface area (Å²) in [5.41, 5.74) is 2.47. The van der Waals surface area contributed by atoms with E-state index in [1.54, 1.807) is 24.3 Å². The lowest BCUT2D eigenvalue weighted by Crippen LogP contribution is -2.29. The van der Waals surface area contributed by atoms with Gasteiger partial charge in [0.2, 0.25) is 5.91 Å². The van der Waals surface area contributed by atoms with Crippen LogP contribution in [0.5, 0.6) is 0 Å². The summed E-state index contributed by atoms with van der Waals surface area (Å²) in [6, 6.07) is 18.7. The summed E-state index contributed by atoms with van der Waals surface area (Å²) in [6.07, 6.45) is 0. The fourth-order valence-corrected chi connectivity index (χ4v) is 2.56. The number of hydrogen-bond donors (Lipinski definition) is 1. The van der Waals surface area contributed by atoms with Gasteiger partial charge in [-0.2, -0.15) is 0 Å². The van der Waals surface area contributed by atoms with Crippen LogP contribution in [0.4, 0.5) is 5.69 Å². The van der Waals surface area contributed by atoms with Gasteiger partial charge in [0, 0.05) is 28.9 Å². The number of anilines is 1. The predicted molar refractivity (Wildman–Crippen MR) is 98.4 cm³/mol. The van der Waals surface area contributed by atoms with Crippen molar-refractivity contribution in [1.29, 1.82) is 0 Å². The molecule has 0 aliphatic rings. The van der Waals surface area contributed by atoms with Gasteiger partial charge >= 0.3 is 0 Å². The van der Waals surface area contributed by atoms with Crippen LogP contribution in [0.25, 0.3) is 11.3 Å². The number of amides is 1. The maximum atomic E-state index is 12.1. The van der Waals surface area contributed by atoms with Gasteiger partial charge in [-0.25, -0.2) is 0 Å². The summed E-state index contributed by atoms with van der Waals surface area (Å²) in [6.45, 7) is 0.764. The highest BCUT2D eigenvalue weighted by Gasteiger charge is 2.11. The molecule has 1 amide bonds. The van der Waals surface area contributed by atoms with Crippen LogP contribution in [0.1, 0.15) is 5.69 Å². The molecule has 1 N–H and O–H groups in total. The number of nitrogens with zero attached hydrogens (tertiary/aromatic N) is 2. The van der Waals surface area contributed by atoms with Gasteiger partial charge in [0.25, 0.3) is 0 Å². The van der Waals surface area contributed by atoms with E-state index in [-0.39, 0.29) is 12.5 Å². The van der Waals surface area contributed by atoms with E-state index in [1.165, 1.54) is 0 Å². The molecule has 0 fully saturated rings. The van der Waals surface area contributed by atoms with Crippen LogP contribution in [-0.2, 0) is 11.3 Å². The third-order valence-electron chi connectivity index (χ3n) is 3.59. The highest BCUT2D eigenvalue weighted by atomic mass is 35.5. The molecule has 0 unspecified atom stereocenters. The van der Waals surface area contributed by atoms with Gasteiger partial charge < -0.3 is 9.84 Å². The minimum Gasteiger partial charge on any atom is -0.356 e. The number of likely N-dealkylation sites (N-methyl/N-ethyl adjacent to an activating group) is 1. The van der Waals surface area contributed by atoms with Crippen LogP contribution in [0, 0.1) is 0 Å². The van der Waals surface area contributed by atoms with Crippen LogP contribution in [-0.4, -0.2) is 29.6 Å². The molecule has 0 saturated heterocycles. The third-order valence-corrected chi connectivity index (χ3v) is 3.84. The first-order valence-corrected chi connectivity index (χ1v) is 8.23. The summed E-state index contributed by atoms with van der Waals surface area (Å²) in [4.78, 5) is 14.0. The molecule has 0 aliphatic heterocycles. The number of nitrogens with one attached hydrogen (secondary N) is 1. The summed E-state index contributed by atoms with van der Waals surface area (Å²) >= 11 is 5.83. The van der Waals surface area contributed by atoms with E-state index in [1.807, 2.05) is 48.3 Å². The number of benzene rings is 2. The maximum Gasteiger partial charge on any atom is 0.238 e. The van der Waals surface area contributed by atoms with E-state index in [0.29, 0.717) is 11.6 Å². The van der Waals surface area contributed by atoms with Crippen molar-refractivity contribution in [3.63, 3.8) is 0 Å². The Labute approximate surface area is 151 Å². The molecule has 3 rings (SSSR count). The summed E-state index contributed by atoms with van der Waals surface area (Å²) in [5, 5.41) is 7.54. The zero-order valence-corrected chi connectivity index (χ0v) is 14.5. The van der Waals surface area contributed by atoms with Crippen LogP contribution in [0.3, 0.4) is 0 Å². The number of rotatable bonds is 6. The second-order valence-electron chi connectivity index (χ2n) is 5.78. The fraction of sp³-hybridized carbons (Fsp3) is 0.158. The third kappa shape index (κ3) is 4.92. The minimum atomic E-state index is -0.100. The van der Waals surface area contributed by atoms with E-state index in [0.717, 1.165) is 22.7 Å². The summed E-state index contributed by atoms with van der Waals surface area (Å²) in [7, 11) is 1.86. The van der Waals surface area contributed by atoms with E-state index >= 15 is 0 Å². The first kappa shape index (κ1) is 17.2. The molecule has 2 aromatic carbocycles. The van der Waals surface area contributed by atoms with Gasteiger partial charge in [-0.15, -0.1) is 0 Å². The zero-order chi connectivity index (χ0) is 17.6. The topological polar surface area (TPSA) is 58.4 Å². The average molecular weight is 356 g/mol. The first-order chi connectivity index (χ1) is 12.1. The highest BCUT2D eigenvalue weighted by Crippen LogP contribution is 2.20. The smallest absolute Gasteiger partial charge is 0.238 e. The minimum absolute atomic E-state index is 0.100. The normalized spacial score (nSPS) is 10.8. The standard InChI is InChI=1S/C19H18ClN3O2/c1-23(13-19(24)21-16-9-7-15(20)8-10-16)12-17-11-18(25-22-17)14-5-3-2-4-6-14/h2-11H,12-13H2,1H3,(H,21,24). The van der Waals surface area contributed by atoms with Gasteiger partial charge in [0.05, 0.1) is 12.2 Å². The van der Waals surface area contributed by atoms with Gasteiger partial charge in [-0.1, -0.05) is 47.1 Å². The molecular weight excluding hydrogens is 338 g/mol. The molecule has 5 nitrogen and oxygen atoms in total. The highest BCUT2D eigenvalue weighted by molar-refractivity contribution is 6.30. The Hall–Kier alpha value is -2.63. The lowest BCUT2D eigenvalue weighted by Gasteiger charge is -2.14. The molecule has 25 heavy (non-hydrogen) atoms. The predicted octanol–water partition coefficient (Wildman–Crippen LogP) is 4.07. The summed E-state index contributed by atoms with van der Waals surface area (Å²) < 4.78 is 5.37. The van der Waals surface area contributed by atoms with Crippen LogP contribution >= 0.6 is 11.6 Å². The maximum absolute atomic E-state index is 12.1. The van der Waals surface area contributed by atoms with Crippen LogP contribution in [0.15, 0.2) is 65.2 Å². The molecule has 1 aromatic heterocycles. The molecular formula is C19H18ClN3O2. The number of halogens is 1. The Bertz CT molecular complexity index is 831. The lowest BCUT2D eigenvalue weighted by molar-refractivity contribution is -0.117. The van der Waals surface area contributed by atoms with Crippen molar-refractivity contribution in [2.24, 2.45) is 0 Å². The quantitative estimate of drug-likeness (QED) is 0.724. The first-order valence-electron chi connectivity index (χ1n) is 7.85.